The number of nitrogens with zero attached hydrogens (tertiary/aromatic N) is 2. The van der Waals surface area contributed by atoms with Crippen LogP contribution in [0.15, 0.2) is 211 Å². The van der Waals surface area contributed by atoms with Gasteiger partial charge in [0.25, 0.3) is 0 Å². The van der Waals surface area contributed by atoms with Gasteiger partial charge in [-0.25, -0.2) is 0 Å². The zero-order chi connectivity index (χ0) is 39.0. The van der Waals surface area contributed by atoms with E-state index in [4.69, 9.17) is 4.42 Å². The van der Waals surface area contributed by atoms with E-state index in [0.29, 0.717) is 0 Å². The fourth-order valence-electron chi connectivity index (χ4n) is 8.41. The number of anilines is 3. The number of furan rings is 1. The van der Waals surface area contributed by atoms with E-state index >= 15 is 0 Å². The maximum absolute atomic E-state index is 6.25. The highest BCUT2D eigenvalue weighted by molar-refractivity contribution is 6.09. The molecule has 0 aliphatic rings. The molecular weight excluding hydrogens is 705 g/mol. The molecule has 0 saturated heterocycles. The third-order valence-corrected chi connectivity index (χ3v) is 11.1. The Morgan fingerprint density at radius 2 is 1.02 bits per heavy atom. The fourth-order valence-corrected chi connectivity index (χ4v) is 8.41. The van der Waals surface area contributed by atoms with Crippen molar-refractivity contribution in [1.82, 2.24) is 4.57 Å². The van der Waals surface area contributed by atoms with Crippen molar-refractivity contribution < 1.29 is 4.42 Å². The number of rotatable bonds is 9. The Morgan fingerprint density at radius 3 is 1.62 bits per heavy atom. The third kappa shape index (κ3) is 6.10. The van der Waals surface area contributed by atoms with E-state index in [-0.39, 0.29) is 0 Å². The molecule has 10 aromatic rings. The second-order valence-corrected chi connectivity index (χ2v) is 14.5. The Bertz CT molecular complexity index is 3060. The standard InChI is InChI=1S/C55H40N2O/c1-3-14-53-47(4-2)55-48(21-13-24-54(55)58-53)41-29-35-45(36-30-41)56(43-31-25-39(26-32-43)38-15-6-5-7-16-38)44-33-27-40(28-34-44)42-17-12-18-46(37-42)57-51-22-10-8-19-49(51)50-20-9-11-23-52(50)57/h3-37H,2H2,1H3/b14-3-. The second-order valence-electron chi connectivity index (χ2n) is 14.5. The molecule has 0 aliphatic heterocycles. The molecule has 3 nitrogen and oxygen atoms in total. The zero-order valence-corrected chi connectivity index (χ0v) is 32.2. The van der Waals surface area contributed by atoms with Crippen molar-refractivity contribution in [3.63, 3.8) is 0 Å². The van der Waals surface area contributed by atoms with Crippen LogP contribution < -0.4 is 4.90 Å². The number of hydrogen-bond acceptors (Lipinski definition) is 2. The average molecular weight is 745 g/mol. The molecule has 0 aliphatic carbocycles. The van der Waals surface area contributed by atoms with Gasteiger partial charge in [0, 0.05) is 44.5 Å². The molecule has 0 N–H and O–H groups in total. The molecule has 0 saturated carbocycles. The minimum atomic E-state index is 0.823. The normalized spacial score (nSPS) is 11.5. The highest BCUT2D eigenvalue weighted by Gasteiger charge is 2.18. The number of aromatic nitrogens is 1. The van der Waals surface area contributed by atoms with Gasteiger partial charge >= 0.3 is 0 Å². The van der Waals surface area contributed by atoms with Crippen molar-refractivity contribution in [1.29, 1.82) is 0 Å². The van der Waals surface area contributed by atoms with Gasteiger partial charge in [0.05, 0.1) is 11.0 Å². The Labute approximate surface area is 338 Å². The molecule has 0 atom stereocenters. The Kier molecular flexibility index (Phi) is 8.89. The molecule has 58 heavy (non-hydrogen) atoms. The lowest BCUT2D eigenvalue weighted by Gasteiger charge is -2.26. The van der Waals surface area contributed by atoms with Crippen LogP contribution in [0.1, 0.15) is 18.2 Å². The highest BCUT2D eigenvalue weighted by atomic mass is 16.3. The van der Waals surface area contributed by atoms with E-state index < -0.39 is 0 Å². The first kappa shape index (κ1) is 34.8. The van der Waals surface area contributed by atoms with Gasteiger partial charge in [-0.1, -0.05) is 146 Å². The van der Waals surface area contributed by atoms with Crippen LogP contribution in [0.5, 0.6) is 0 Å². The number of hydrogen-bond donors (Lipinski definition) is 0. The summed E-state index contributed by atoms with van der Waals surface area (Å²) in [7, 11) is 0. The van der Waals surface area contributed by atoms with E-state index in [9.17, 15) is 0 Å². The monoisotopic (exact) mass is 744 g/mol. The van der Waals surface area contributed by atoms with Crippen LogP contribution in [-0.4, -0.2) is 4.57 Å². The van der Waals surface area contributed by atoms with Crippen molar-refractivity contribution in [3.05, 3.63) is 218 Å². The van der Waals surface area contributed by atoms with Crippen molar-refractivity contribution in [3.8, 4) is 39.1 Å². The minimum absolute atomic E-state index is 0.823. The van der Waals surface area contributed by atoms with Gasteiger partial charge in [0.2, 0.25) is 0 Å². The molecule has 10 rings (SSSR count). The van der Waals surface area contributed by atoms with Gasteiger partial charge in [0.15, 0.2) is 0 Å². The predicted molar refractivity (Wildman–Crippen MR) is 246 cm³/mol. The van der Waals surface area contributed by atoms with Gasteiger partial charge in [-0.2, -0.15) is 0 Å². The fraction of sp³-hybridized carbons (Fsp3) is 0.0182. The molecule has 0 amide bonds. The molecule has 0 radical (unpaired) electrons. The average Bonchev–Trinajstić information content (AvgIpc) is 3.83. The summed E-state index contributed by atoms with van der Waals surface area (Å²) in [5, 5.41) is 3.59. The molecule has 0 spiro atoms. The molecule has 2 heterocycles. The van der Waals surface area contributed by atoms with Crippen LogP contribution in [0, 0.1) is 0 Å². The molecule has 0 fully saturated rings. The smallest absolute Gasteiger partial charge is 0.136 e. The lowest BCUT2D eigenvalue weighted by molar-refractivity contribution is 0.603. The summed E-state index contributed by atoms with van der Waals surface area (Å²) >= 11 is 0. The van der Waals surface area contributed by atoms with E-state index in [2.05, 4.69) is 204 Å². The quantitative estimate of drug-likeness (QED) is 0.147. The van der Waals surface area contributed by atoms with Gasteiger partial charge in [0.1, 0.15) is 11.3 Å². The zero-order valence-electron chi connectivity index (χ0n) is 32.2. The number of allylic oxidation sites excluding steroid dienone is 1. The van der Waals surface area contributed by atoms with Gasteiger partial charge in [-0.15, -0.1) is 0 Å². The maximum Gasteiger partial charge on any atom is 0.136 e. The first-order chi connectivity index (χ1) is 28.7. The van der Waals surface area contributed by atoms with Gasteiger partial charge < -0.3 is 13.9 Å². The second kappa shape index (κ2) is 14.8. The Hall–Kier alpha value is -7.62. The highest BCUT2D eigenvalue weighted by Crippen LogP contribution is 2.41. The van der Waals surface area contributed by atoms with Gasteiger partial charge in [-0.05, 0) is 113 Å². The molecular formula is C55H40N2O. The predicted octanol–water partition coefficient (Wildman–Crippen LogP) is 15.7. The summed E-state index contributed by atoms with van der Waals surface area (Å²) in [6.45, 7) is 6.12. The van der Waals surface area contributed by atoms with E-state index in [1.54, 1.807) is 0 Å². The third-order valence-electron chi connectivity index (χ3n) is 11.1. The lowest BCUT2D eigenvalue weighted by Crippen LogP contribution is -2.09. The van der Waals surface area contributed by atoms with Crippen LogP contribution in [0.2, 0.25) is 0 Å². The van der Waals surface area contributed by atoms with Crippen molar-refractivity contribution in [2.75, 3.05) is 4.90 Å². The van der Waals surface area contributed by atoms with Crippen LogP contribution in [0.4, 0.5) is 17.1 Å². The minimum Gasteiger partial charge on any atom is -0.456 e. The van der Waals surface area contributed by atoms with Crippen LogP contribution >= 0.6 is 0 Å². The number of fused-ring (bicyclic) bond motifs is 4. The molecule has 2 aromatic heterocycles. The van der Waals surface area contributed by atoms with E-state index in [0.717, 1.165) is 61.7 Å². The molecule has 3 heteroatoms. The number of benzene rings is 8. The summed E-state index contributed by atoms with van der Waals surface area (Å²) < 4.78 is 8.62. The summed E-state index contributed by atoms with van der Waals surface area (Å²) in [6.07, 6.45) is 5.89. The molecule has 276 valence electrons. The summed E-state index contributed by atoms with van der Waals surface area (Å²) in [4.78, 5) is 2.33. The molecule has 0 unspecified atom stereocenters. The summed E-state index contributed by atoms with van der Waals surface area (Å²) in [6, 6.07) is 69.6. The largest absolute Gasteiger partial charge is 0.456 e. The van der Waals surface area contributed by atoms with Crippen LogP contribution in [0.3, 0.4) is 0 Å². The van der Waals surface area contributed by atoms with Crippen molar-refractivity contribution >= 4 is 62.0 Å². The van der Waals surface area contributed by atoms with E-state index in [1.165, 1.54) is 38.5 Å². The van der Waals surface area contributed by atoms with Crippen molar-refractivity contribution in [2.24, 2.45) is 0 Å². The summed E-state index contributed by atoms with van der Waals surface area (Å²) in [5.74, 6) is 0.823. The number of para-hydroxylation sites is 2. The molecule has 0 bridgehead atoms. The van der Waals surface area contributed by atoms with E-state index in [1.807, 2.05) is 31.2 Å². The Balaban J connectivity index is 1.03. The van der Waals surface area contributed by atoms with Crippen LogP contribution in [-0.2, 0) is 0 Å². The van der Waals surface area contributed by atoms with Crippen molar-refractivity contribution in [2.45, 2.75) is 6.92 Å². The lowest BCUT2D eigenvalue weighted by atomic mass is 9.97. The first-order valence-electron chi connectivity index (χ1n) is 19.7. The topological polar surface area (TPSA) is 21.3 Å². The first-order valence-corrected chi connectivity index (χ1v) is 19.7. The molecule has 8 aromatic carbocycles. The van der Waals surface area contributed by atoms with Gasteiger partial charge in [-0.3, -0.25) is 0 Å². The maximum atomic E-state index is 6.25. The SMILES string of the molecule is C=Cc1c(/C=C\C)oc2cccc(-c3ccc(N(c4ccc(-c5ccccc5)cc4)c4ccc(-c5cccc(-n6c7ccccc7c7ccccc76)c5)cc4)cc3)c12. The Morgan fingerprint density at radius 1 is 0.500 bits per heavy atom. The van der Waals surface area contributed by atoms with Crippen LogP contribution in [0.25, 0.3) is 84.0 Å². The summed E-state index contributed by atoms with van der Waals surface area (Å²) in [5.41, 5.74) is 15.6.